The van der Waals surface area contributed by atoms with Gasteiger partial charge in [-0.15, -0.1) is 0 Å². The zero-order chi connectivity index (χ0) is 23.3. The molecule has 32 heavy (non-hydrogen) atoms. The number of aliphatic imine (C=N–C) groups is 2. The summed E-state index contributed by atoms with van der Waals surface area (Å²) >= 11 is 0. The van der Waals surface area contributed by atoms with E-state index < -0.39 is 0 Å². The van der Waals surface area contributed by atoms with E-state index in [0.717, 1.165) is 34.1 Å². The second-order valence-electron chi connectivity index (χ2n) is 7.45. The molecule has 0 unspecified atom stereocenters. The van der Waals surface area contributed by atoms with E-state index in [4.69, 9.17) is 0 Å². The molecule has 0 bridgehead atoms. The van der Waals surface area contributed by atoms with Crippen LogP contribution in [0.4, 0.5) is 22.7 Å². The minimum absolute atomic E-state index is 0.0152. The highest BCUT2D eigenvalue weighted by Crippen LogP contribution is 2.20. The van der Waals surface area contributed by atoms with Gasteiger partial charge in [0.15, 0.2) is 0 Å². The van der Waals surface area contributed by atoms with E-state index in [0.29, 0.717) is 0 Å². The third kappa shape index (κ3) is 5.37. The van der Waals surface area contributed by atoms with Crippen LogP contribution in [0.2, 0.25) is 0 Å². The van der Waals surface area contributed by atoms with Crippen molar-refractivity contribution in [3.8, 4) is 0 Å². The van der Waals surface area contributed by atoms with Gasteiger partial charge < -0.3 is 14.4 Å². The molecule has 0 aliphatic rings. The number of aromatic nitrogens is 1. The Hall–Kier alpha value is -4.00. The molecule has 7 nitrogen and oxygen atoms in total. The van der Waals surface area contributed by atoms with Gasteiger partial charge in [-0.25, -0.2) is 0 Å². The maximum absolute atomic E-state index is 11.5. The molecule has 0 radical (unpaired) electrons. The largest absolute Gasteiger partial charge is 0.342 e. The summed E-state index contributed by atoms with van der Waals surface area (Å²) in [5, 5.41) is 0. The predicted molar refractivity (Wildman–Crippen MR) is 131 cm³/mol. The first kappa shape index (κ1) is 22.7. The van der Waals surface area contributed by atoms with Crippen LogP contribution >= 0.6 is 0 Å². The first-order valence-electron chi connectivity index (χ1n) is 10.2. The molecule has 3 rings (SSSR count). The molecule has 2 amide bonds. The van der Waals surface area contributed by atoms with Gasteiger partial charge in [-0.05, 0) is 60.7 Å². The van der Waals surface area contributed by atoms with Gasteiger partial charge in [0.25, 0.3) is 0 Å². The van der Waals surface area contributed by atoms with Crippen molar-refractivity contribution in [1.29, 1.82) is 0 Å². The van der Waals surface area contributed by atoms with Crippen LogP contribution in [0.1, 0.15) is 25.2 Å². The number of amides is 2. The summed E-state index contributed by atoms with van der Waals surface area (Å²) in [5.41, 5.74) is 5.14. The fraction of sp³-hybridized carbons (Fsp3) is 0.200. The van der Waals surface area contributed by atoms with E-state index in [1.54, 1.807) is 36.3 Å². The average molecular weight is 430 g/mol. The normalized spacial score (nSPS) is 11.3. The summed E-state index contributed by atoms with van der Waals surface area (Å²) in [5.74, 6) is -0.0304. The van der Waals surface area contributed by atoms with Crippen molar-refractivity contribution < 1.29 is 9.59 Å². The summed E-state index contributed by atoms with van der Waals surface area (Å²) in [4.78, 5) is 35.2. The molecule has 0 fully saturated rings. The van der Waals surface area contributed by atoms with Gasteiger partial charge in [-0.1, -0.05) is 0 Å². The minimum Gasteiger partial charge on any atom is -0.342 e. The molecular formula is C25H27N5O2. The molecule has 1 heterocycles. The molecule has 0 saturated heterocycles. The second-order valence-corrected chi connectivity index (χ2v) is 7.45. The number of carbonyl (C=O) groups excluding carboxylic acids is 2. The van der Waals surface area contributed by atoms with Crippen LogP contribution in [-0.4, -0.2) is 42.9 Å². The lowest BCUT2D eigenvalue weighted by atomic mass is 10.2. The number of carbonyl (C=O) groups is 2. The first-order chi connectivity index (χ1) is 15.3. The van der Waals surface area contributed by atoms with Gasteiger partial charge in [-0.2, -0.15) is 0 Å². The molecule has 0 aliphatic carbocycles. The molecule has 0 aliphatic heterocycles. The van der Waals surface area contributed by atoms with E-state index >= 15 is 0 Å². The van der Waals surface area contributed by atoms with Gasteiger partial charge >= 0.3 is 0 Å². The molecule has 0 atom stereocenters. The summed E-state index contributed by atoms with van der Waals surface area (Å²) < 4.78 is 2.00. The van der Waals surface area contributed by atoms with Crippen molar-refractivity contribution in [1.82, 2.24) is 4.57 Å². The van der Waals surface area contributed by atoms with Gasteiger partial charge in [0, 0.05) is 46.4 Å². The number of anilines is 2. The zero-order valence-electron chi connectivity index (χ0n) is 19.0. The van der Waals surface area contributed by atoms with Gasteiger partial charge in [0.2, 0.25) is 11.8 Å². The van der Waals surface area contributed by atoms with E-state index in [9.17, 15) is 9.59 Å². The molecule has 1 aromatic heterocycles. The third-order valence-electron chi connectivity index (χ3n) is 5.31. The van der Waals surface area contributed by atoms with Gasteiger partial charge in [-0.3, -0.25) is 19.6 Å². The first-order valence-corrected chi connectivity index (χ1v) is 10.2. The quantitative estimate of drug-likeness (QED) is 0.542. The second kappa shape index (κ2) is 9.87. The standard InChI is InChI=1S/C25H27N5O2/c1-18(31)28(3)22-10-6-20(7-11-22)26-16-24-14-15-25(30(24)5)17-27-21-8-12-23(13-9-21)29(4)19(2)32/h6-17H,1-5H3. The van der Waals surface area contributed by atoms with Crippen LogP contribution in [0.3, 0.4) is 0 Å². The van der Waals surface area contributed by atoms with Gasteiger partial charge in [0.1, 0.15) is 0 Å². The average Bonchev–Trinajstić information content (AvgIpc) is 3.15. The van der Waals surface area contributed by atoms with Gasteiger partial charge in [0.05, 0.1) is 35.2 Å². The maximum atomic E-state index is 11.5. The van der Waals surface area contributed by atoms with Crippen molar-refractivity contribution >= 4 is 47.0 Å². The highest BCUT2D eigenvalue weighted by molar-refractivity contribution is 5.92. The van der Waals surface area contributed by atoms with Crippen LogP contribution < -0.4 is 9.80 Å². The molecule has 7 heteroatoms. The SMILES string of the molecule is CC(=O)N(C)c1ccc(N=Cc2ccc(C=Nc3ccc(N(C)C(C)=O)cc3)n2C)cc1. The monoisotopic (exact) mass is 429 g/mol. The number of nitrogens with zero attached hydrogens (tertiary/aromatic N) is 5. The summed E-state index contributed by atoms with van der Waals surface area (Å²) in [6.07, 6.45) is 3.60. The lowest BCUT2D eigenvalue weighted by molar-refractivity contribution is -0.117. The maximum Gasteiger partial charge on any atom is 0.223 e. The molecule has 3 aromatic rings. The van der Waals surface area contributed by atoms with Crippen LogP contribution in [-0.2, 0) is 16.6 Å². The Bertz CT molecular complexity index is 1070. The molecule has 0 N–H and O–H groups in total. The minimum atomic E-state index is -0.0152. The van der Waals surface area contributed by atoms with E-state index in [2.05, 4.69) is 9.98 Å². The van der Waals surface area contributed by atoms with Crippen molar-refractivity contribution in [2.45, 2.75) is 13.8 Å². The predicted octanol–water partition coefficient (Wildman–Crippen LogP) is 4.49. The van der Waals surface area contributed by atoms with Crippen molar-refractivity contribution in [3.05, 3.63) is 72.1 Å². The molecule has 164 valence electrons. The third-order valence-corrected chi connectivity index (χ3v) is 5.31. The summed E-state index contributed by atoms with van der Waals surface area (Å²) in [6.45, 7) is 3.06. The van der Waals surface area contributed by atoms with Crippen LogP contribution in [0.5, 0.6) is 0 Å². The van der Waals surface area contributed by atoms with Crippen molar-refractivity contribution in [2.75, 3.05) is 23.9 Å². The Morgan fingerprint density at radius 2 is 1.03 bits per heavy atom. The fourth-order valence-corrected chi connectivity index (χ4v) is 2.97. The topological polar surface area (TPSA) is 70.3 Å². The molecule has 0 spiro atoms. The number of rotatable bonds is 6. The van der Waals surface area contributed by atoms with E-state index in [1.807, 2.05) is 72.3 Å². The Morgan fingerprint density at radius 1 is 0.688 bits per heavy atom. The van der Waals surface area contributed by atoms with E-state index in [1.165, 1.54) is 13.8 Å². The smallest absolute Gasteiger partial charge is 0.223 e. The molecule has 2 aromatic carbocycles. The Balaban J connectivity index is 1.68. The number of hydrogen-bond donors (Lipinski definition) is 0. The number of benzene rings is 2. The highest BCUT2D eigenvalue weighted by Gasteiger charge is 2.06. The summed E-state index contributed by atoms with van der Waals surface area (Å²) in [7, 11) is 5.44. The Kier molecular flexibility index (Phi) is 7.00. The van der Waals surface area contributed by atoms with Crippen LogP contribution in [0.15, 0.2) is 70.6 Å². The molecule has 0 saturated carbocycles. The Morgan fingerprint density at radius 3 is 1.34 bits per heavy atom. The van der Waals surface area contributed by atoms with E-state index in [-0.39, 0.29) is 11.8 Å². The number of hydrogen-bond acceptors (Lipinski definition) is 4. The van der Waals surface area contributed by atoms with Crippen LogP contribution in [0, 0.1) is 0 Å². The summed E-state index contributed by atoms with van der Waals surface area (Å²) in [6, 6.07) is 19.0. The lowest BCUT2D eigenvalue weighted by Crippen LogP contribution is -2.22. The van der Waals surface area contributed by atoms with Crippen molar-refractivity contribution in [3.63, 3.8) is 0 Å². The highest BCUT2D eigenvalue weighted by atomic mass is 16.2. The van der Waals surface area contributed by atoms with Crippen LogP contribution in [0.25, 0.3) is 0 Å². The lowest BCUT2D eigenvalue weighted by Gasteiger charge is -2.14. The fourth-order valence-electron chi connectivity index (χ4n) is 2.97. The Labute approximate surface area is 188 Å². The molecular weight excluding hydrogens is 402 g/mol. The van der Waals surface area contributed by atoms with Crippen molar-refractivity contribution in [2.24, 2.45) is 17.0 Å². The zero-order valence-corrected chi connectivity index (χ0v) is 19.0.